The standard InChI is InChI=1S/C39H34ClF10N7O2S2.C2H6/c1-19-16-37(43,44)34-29(19)33(39(48,49)50)53-56(34)17-28(58)52-27(14-20-12-21(41)15-22(42)13-20)31-24(7-6-23(51-31)10-11-36(2,3)61(5)59)25-8-9-26(40)30-32(25)57(18-38(45,46)47)54-35(30)55-60-4;1-2/h6-9,12-13,15,19,27H,14,16-18H2,1-5H3,(H,52,58)(H,54,55);1-2H3/t19-,27?,61?;/m0./s1. The Bertz CT molecular complexity index is 2600. The average molecular weight is 952 g/mol. The van der Waals surface area contributed by atoms with Crippen LogP contribution in [0.3, 0.4) is 0 Å². The maximum atomic E-state index is 15.3. The Morgan fingerprint density at radius 2 is 1.65 bits per heavy atom. The monoisotopic (exact) mass is 951 g/mol. The van der Waals surface area contributed by atoms with Crippen LogP contribution in [0.4, 0.5) is 49.7 Å². The number of hydrogen-bond acceptors (Lipinski definition) is 7. The molecule has 0 aliphatic heterocycles. The van der Waals surface area contributed by atoms with Crippen LogP contribution in [0.1, 0.15) is 86.9 Å². The first-order valence-corrected chi connectivity index (χ1v) is 22.2. The van der Waals surface area contributed by atoms with E-state index in [1.807, 2.05) is 13.8 Å². The SMILES string of the molecule is CC.CSNc1nn(CC(F)(F)F)c2c(-c3ccc(C#CC(C)(C)S(C)=O)nc3C(Cc3cc(F)cc(F)c3)NC(=O)Cn3nc(C(F)(F)F)c4c3C(F)(F)C[C@@H]4C)ccc(Cl)c12. The third-order valence-corrected chi connectivity index (χ3v) is 12.0. The number of carbonyl (C=O) groups is 1. The van der Waals surface area contributed by atoms with Gasteiger partial charge in [-0.25, -0.2) is 13.8 Å². The third kappa shape index (κ3) is 10.9. The topological polar surface area (TPSA) is 107 Å². The normalized spacial score (nSPS) is 15.8. The molecule has 1 aliphatic carbocycles. The predicted molar refractivity (Wildman–Crippen MR) is 223 cm³/mol. The number of pyridine rings is 1. The van der Waals surface area contributed by atoms with Gasteiger partial charge in [0.15, 0.2) is 11.5 Å². The minimum Gasteiger partial charge on any atom is -0.346 e. The molecule has 0 fully saturated rings. The number of amides is 1. The van der Waals surface area contributed by atoms with E-state index < -0.39 is 106 Å². The van der Waals surface area contributed by atoms with E-state index in [9.17, 15) is 44.1 Å². The van der Waals surface area contributed by atoms with Crippen LogP contribution in [0.25, 0.3) is 22.0 Å². The van der Waals surface area contributed by atoms with Crippen molar-refractivity contribution in [3.05, 3.63) is 93.0 Å². The molecule has 5 aromatic rings. The van der Waals surface area contributed by atoms with Gasteiger partial charge >= 0.3 is 12.4 Å². The number of alkyl halides is 8. The largest absolute Gasteiger partial charge is 0.435 e. The lowest BCUT2D eigenvalue weighted by molar-refractivity contribution is -0.143. The van der Waals surface area contributed by atoms with E-state index in [4.69, 9.17) is 11.6 Å². The number of fused-ring (bicyclic) bond motifs is 2. The van der Waals surface area contributed by atoms with Crippen LogP contribution in [-0.4, -0.2) is 58.1 Å². The fraction of sp³-hybridized carbons (Fsp3) is 0.415. The Kier molecular flexibility index (Phi) is 14.6. The van der Waals surface area contributed by atoms with E-state index in [0.29, 0.717) is 10.7 Å². The van der Waals surface area contributed by atoms with E-state index in [1.165, 1.54) is 37.4 Å². The van der Waals surface area contributed by atoms with Gasteiger partial charge in [-0.1, -0.05) is 56.3 Å². The second-order valence-electron chi connectivity index (χ2n) is 14.8. The number of benzene rings is 2. The maximum absolute atomic E-state index is 15.3. The van der Waals surface area contributed by atoms with E-state index in [-0.39, 0.29) is 54.5 Å². The summed E-state index contributed by atoms with van der Waals surface area (Å²) in [4.78, 5) is 18.6. The first kappa shape index (κ1) is 49.2. The Labute approximate surface area is 367 Å². The molecule has 0 saturated carbocycles. The van der Waals surface area contributed by atoms with Crippen molar-refractivity contribution in [1.82, 2.24) is 29.9 Å². The van der Waals surface area contributed by atoms with Gasteiger partial charge in [-0.05, 0) is 68.0 Å². The van der Waals surface area contributed by atoms with Crippen molar-refractivity contribution in [3.63, 3.8) is 0 Å². The van der Waals surface area contributed by atoms with Gasteiger partial charge in [-0.3, -0.25) is 18.4 Å². The number of aromatic nitrogens is 5. The highest BCUT2D eigenvalue weighted by Gasteiger charge is 2.53. The lowest BCUT2D eigenvalue weighted by Crippen LogP contribution is -2.35. The Hall–Kier alpha value is -4.81. The van der Waals surface area contributed by atoms with Crippen LogP contribution >= 0.6 is 23.5 Å². The Morgan fingerprint density at radius 3 is 2.24 bits per heavy atom. The van der Waals surface area contributed by atoms with Crippen molar-refractivity contribution < 1.29 is 52.9 Å². The summed E-state index contributed by atoms with van der Waals surface area (Å²) in [5.74, 6) is -2.74. The van der Waals surface area contributed by atoms with Crippen LogP contribution in [0.15, 0.2) is 42.5 Å². The number of nitrogens with one attached hydrogen (secondary N) is 2. The maximum Gasteiger partial charge on any atom is 0.435 e. The lowest BCUT2D eigenvalue weighted by atomic mass is 9.93. The number of carbonyl (C=O) groups excluding carboxylic acids is 1. The molecule has 9 nitrogen and oxygen atoms in total. The predicted octanol–water partition coefficient (Wildman–Crippen LogP) is 10.7. The van der Waals surface area contributed by atoms with E-state index in [1.54, 1.807) is 20.1 Å². The molecular weight excluding hydrogens is 912 g/mol. The second-order valence-corrected chi connectivity index (χ2v) is 17.7. The molecule has 0 bridgehead atoms. The molecule has 340 valence electrons. The summed E-state index contributed by atoms with van der Waals surface area (Å²) in [5.41, 5.74) is -3.91. The summed E-state index contributed by atoms with van der Waals surface area (Å²) in [6.45, 7) is 5.56. The fourth-order valence-electron chi connectivity index (χ4n) is 7.07. The van der Waals surface area contributed by atoms with Crippen LogP contribution in [0.5, 0.6) is 0 Å². The minimum atomic E-state index is -5.16. The molecular formula is C41H40ClF10N7O2S2. The number of nitrogens with zero attached hydrogens (tertiary/aromatic N) is 5. The molecule has 22 heteroatoms. The molecule has 63 heavy (non-hydrogen) atoms. The highest BCUT2D eigenvalue weighted by molar-refractivity contribution is 7.99. The number of halogens is 11. The highest BCUT2D eigenvalue weighted by Crippen LogP contribution is 2.52. The Morgan fingerprint density at radius 1 is 1.02 bits per heavy atom. The summed E-state index contributed by atoms with van der Waals surface area (Å²) in [7, 11) is -1.48. The van der Waals surface area contributed by atoms with Gasteiger partial charge in [0.1, 0.15) is 40.9 Å². The zero-order chi connectivity index (χ0) is 47.0. The minimum absolute atomic E-state index is 0.00597. The average Bonchev–Trinajstić information content (AvgIpc) is 3.80. The van der Waals surface area contributed by atoms with E-state index >= 15 is 8.78 Å². The van der Waals surface area contributed by atoms with Crippen LogP contribution in [0, 0.1) is 23.5 Å². The van der Waals surface area contributed by atoms with Crippen molar-refractivity contribution in [2.75, 3.05) is 17.2 Å². The van der Waals surface area contributed by atoms with Gasteiger partial charge in [-0.2, -0.15) is 45.3 Å². The molecule has 2 unspecified atom stereocenters. The van der Waals surface area contributed by atoms with Crippen LogP contribution < -0.4 is 10.0 Å². The molecule has 1 aliphatic rings. The molecule has 2 N–H and O–H groups in total. The van der Waals surface area contributed by atoms with Gasteiger partial charge in [0.05, 0.1) is 27.7 Å². The number of anilines is 1. The van der Waals surface area contributed by atoms with Crippen LogP contribution in [-0.2, 0) is 47.2 Å². The smallest absolute Gasteiger partial charge is 0.346 e. The van der Waals surface area contributed by atoms with Crippen molar-refractivity contribution in [2.45, 2.75) is 95.5 Å². The summed E-state index contributed by atoms with van der Waals surface area (Å²) < 4.78 is 159. The zero-order valence-corrected chi connectivity index (χ0v) is 36.9. The summed E-state index contributed by atoms with van der Waals surface area (Å²) in [6, 6.07) is 6.35. The molecule has 6 rings (SSSR count). The summed E-state index contributed by atoms with van der Waals surface area (Å²) >= 11 is 7.57. The van der Waals surface area contributed by atoms with E-state index in [0.717, 1.165) is 24.1 Å². The van der Waals surface area contributed by atoms with Gasteiger partial charge < -0.3 is 10.0 Å². The van der Waals surface area contributed by atoms with E-state index in [2.05, 4.69) is 37.1 Å². The molecule has 3 atom stereocenters. The quantitative estimate of drug-likeness (QED) is 0.0772. The molecule has 2 aromatic carbocycles. The van der Waals surface area contributed by atoms with Crippen LogP contribution in [0.2, 0.25) is 5.02 Å². The molecule has 0 spiro atoms. The Balaban J connectivity index is 0.00000369. The summed E-state index contributed by atoms with van der Waals surface area (Å²) in [5, 5.41) is 10.1. The first-order valence-electron chi connectivity index (χ1n) is 19.0. The number of hydrogen-bond donors (Lipinski definition) is 2. The summed E-state index contributed by atoms with van der Waals surface area (Å²) in [6.07, 6.45) is -8.44. The van der Waals surface area contributed by atoms with Crippen molar-refractivity contribution in [3.8, 4) is 23.0 Å². The van der Waals surface area contributed by atoms with Gasteiger partial charge in [-0.15, -0.1) is 0 Å². The van der Waals surface area contributed by atoms with Gasteiger partial charge in [0.25, 0.3) is 5.92 Å². The zero-order valence-electron chi connectivity index (χ0n) is 34.6. The van der Waals surface area contributed by atoms with Crippen molar-refractivity contribution in [2.24, 2.45) is 0 Å². The van der Waals surface area contributed by atoms with Gasteiger partial charge in [0, 0.05) is 52.5 Å². The van der Waals surface area contributed by atoms with Gasteiger partial charge in [0.2, 0.25) is 5.91 Å². The third-order valence-electron chi connectivity index (χ3n) is 9.78. The highest BCUT2D eigenvalue weighted by atomic mass is 35.5. The van der Waals surface area contributed by atoms with Crippen molar-refractivity contribution in [1.29, 1.82) is 0 Å². The number of rotatable bonds is 11. The lowest BCUT2D eigenvalue weighted by Gasteiger charge is -2.23. The second kappa shape index (κ2) is 18.7. The molecule has 0 saturated heterocycles. The fourth-order valence-corrected chi connectivity index (χ4v) is 7.84. The first-order chi connectivity index (χ1) is 29.3. The molecule has 0 radical (unpaired) electrons. The molecule has 3 aromatic heterocycles. The molecule has 3 heterocycles. The van der Waals surface area contributed by atoms with Crippen molar-refractivity contribution >= 4 is 57.0 Å². The molecule has 1 amide bonds.